The number of benzene rings is 2. The number of ether oxygens (including phenoxy) is 2. The first-order chi connectivity index (χ1) is 14.0. The van der Waals surface area contributed by atoms with E-state index in [2.05, 4.69) is 10.3 Å². The second kappa shape index (κ2) is 8.83. The van der Waals surface area contributed by atoms with E-state index < -0.39 is 17.6 Å². The molecule has 0 radical (unpaired) electrons. The topological polar surface area (TPSA) is 104 Å². The van der Waals surface area contributed by atoms with Gasteiger partial charge in [0.15, 0.2) is 0 Å². The van der Waals surface area contributed by atoms with E-state index in [4.69, 9.17) is 15.2 Å². The Morgan fingerprint density at radius 3 is 2.66 bits per heavy atom. The highest BCUT2D eigenvalue weighted by Crippen LogP contribution is 2.19. The number of nitrogens with zero attached hydrogens (tertiary/aromatic N) is 1. The Hall–Kier alpha value is -3.94. The van der Waals surface area contributed by atoms with Crippen LogP contribution in [0.2, 0.25) is 0 Å². The highest BCUT2D eigenvalue weighted by Gasteiger charge is 2.13. The minimum Gasteiger partial charge on any atom is -0.497 e. The summed E-state index contributed by atoms with van der Waals surface area (Å²) in [6.07, 6.45) is 2.81. The SMILES string of the molecule is COc1ccc(C(=O)Nc2cccc(COc3cncc(C(N)=O)c3)c2)c(F)c1. The van der Waals surface area contributed by atoms with Crippen molar-refractivity contribution < 1.29 is 23.5 Å². The van der Waals surface area contributed by atoms with E-state index in [0.717, 1.165) is 11.6 Å². The fraction of sp³-hybridized carbons (Fsp3) is 0.0952. The lowest BCUT2D eigenvalue weighted by Crippen LogP contribution is -2.14. The second-order valence-electron chi connectivity index (χ2n) is 6.06. The van der Waals surface area contributed by atoms with Gasteiger partial charge < -0.3 is 20.5 Å². The first kappa shape index (κ1) is 19.8. The van der Waals surface area contributed by atoms with Gasteiger partial charge in [0.2, 0.25) is 5.91 Å². The summed E-state index contributed by atoms with van der Waals surface area (Å²) in [5.41, 5.74) is 6.60. The van der Waals surface area contributed by atoms with Crippen LogP contribution < -0.4 is 20.5 Å². The number of anilines is 1. The molecule has 8 heteroatoms. The molecule has 0 aliphatic carbocycles. The van der Waals surface area contributed by atoms with Gasteiger partial charge in [-0.2, -0.15) is 0 Å². The van der Waals surface area contributed by atoms with Gasteiger partial charge in [-0.15, -0.1) is 0 Å². The first-order valence-corrected chi connectivity index (χ1v) is 8.58. The number of amides is 2. The lowest BCUT2D eigenvalue weighted by molar-refractivity contribution is 0.0996. The number of aromatic nitrogens is 1. The summed E-state index contributed by atoms with van der Waals surface area (Å²) >= 11 is 0. The molecule has 0 bridgehead atoms. The Morgan fingerprint density at radius 2 is 1.93 bits per heavy atom. The van der Waals surface area contributed by atoms with Crippen molar-refractivity contribution in [2.24, 2.45) is 5.73 Å². The van der Waals surface area contributed by atoms with Crippen LogP contribution in [0.1, 0.15) is 26.3 Å². The fourth-order valence-corrected chi connectivity index (χ4v) is 2.54. The van der Waals surface area contributed by atoms with Crippen molar-refractivity contribution in [3.05, 3.63) is 83.4 Å². The monoisotopic (exact) mass is 395 g/mol. The molecule has 0 spiro atoms. The Kier molecular flexibility index (Phi) is 6.03. The molecule has 0 unspecified atom stereocenters. The Bertz CT molecular complexity index is 1060. The minimum atomic E-state index is -0.678. The number of rotatable bonds is 7. The summed E-state index contributed by atoms with van der Waals surface area (Å²) < 4.78 is 24.6. The molecule has 3 rings (SSSR count). The molecule has 0 aliphatic heterocycles. The molecule has 0 saturated heterocycles. The molecule has 2 amide bonds. The van der Waals surface area contributed by atoms with Gasteiger partial charge in [-0.05, 0) is 35.9 Å². The van der Waals surface area contributed by atoms with Crippen LogP contribution in [-0.4, -0.2) is 23.9 Å². The molecule has 1 heterocycles. The number of carbonyl (C=O) groups excluding carboxylic acids is 2. The fourth-order valence-electron chi connectivity index (χ4n) is 2.54. The molecule has 1 aromatic heterocycles. The summed E-state index contributed by atoms with van der Waals surface area (Å²) in [5.74, 6) is -1.15. The number of pyridine rings is 1. The van der Waals surface area contributed by atoms with Crippen molar-refractivity contribution in [3.8, 4) is 11.5 Å². The van der Waals surface area contributed by atoms with Crippen LogP contribution in [0.5, 0.6) is 11.5 Å². The van der Waals surface area contributed by atoms with Crippen molar-refractivity contribution in [1.29, 1.82) is 0 Å². The van der Waals surface area contributed by atoms with E-state index >= 15 is 0 Å². The summed E-state index contributed by atoms with van der Waals surface area (Å²) in [6.45, 7) is 0.171. The number of carbonyl (C=O) groups is 2. The van der Waals surface area contributed by atoms with E-state index in [1.807, 2.05) is 0 Å². The van der Waals surface area contributed by atoms with Gasteiger partial charge in [-0.1, -0.05) is 12.1 Å². The number of hydrogen-bond acceptors (Lipinski definition) is 5. The van der Waals surface area contributed by atoms with Gasteiger partial charge in [0.1, 0.15) is 23.9 Å². The van der Waals surface area contributed by atoms with Crippen LogP contribution in [0, 0.1) is 5.82 Å². The van der Waals surface area contributed by atoms with Gasteiger partial charge in [0, 0.05) is 18.0 Å². The largest absolute Gasteiger partial charge is 0.497 e. The zero-order valence-electron chi connectivity index (χ0n) is 15.5. The molecule has 29 heavy (non-hydrogen) atoms. The summed E-state index contributed by atoms with van der Waals surface area (Å²) in [5, 5.41) is 2.65. The summed E-state index contributed by atoms with van der Waals surface area (Å²) in [7, 11) is 1.42. The van der Waals surface area contributed by atoms with Crippen molar-refractivity contribution in [1.82, 2.24) is 4.98 Å². The third-order valence-electron chi connectivity index (χ3n) is 4.01. The Balaban J connectivity index is 1.67. The summed E-state index contributed by atoms with van der Waals surface area (Å²) in [4.78, 5) is 27.5. The van der Waals surface area contributed by atoms with Crippen LogP contribution in [0.25, 0.3) is 0 Å². The smallest absolute Gasteiger partial charge is 0.258 e. The molecular weight excluding hydrogens is 377 g/mol. The van der Waals surface area contributed by atoms with Gasteiger partial charge >= 0.3 is 0 Å². The number of nitrogens with one attached hydrogen (secondary N) is 1. The van der Waals surface area contributed by atoms with Crippen LogP contribution in [0.4, 0.5) is 10.1 Å². The zero-order valence-corrected chi connectivity index (χ0v) is 15.5. The molecular formula is C21H18FN3O4. The van der Waals surface area contributed by atoms with E-state index in [9.17, 15) is 14.0 Å². The van der Waals surface area contributed by atoms with E-state index in [1.54, 1.807) is 24.3 Å². The maximum atomic E-state index is 14.1. The van der Waals surface area contributed by atoms with Gasteiger partial charge in [-0.3, -0.25) is 14.6 Å². The van der Waals surface area contributed by atoms with Crippen molar-refractivity contribution >= 4 is 17.5 Å². The van der Waals surface area contributed by atoms with Crippen LogP contribution in [0.15, 0.2) is 60.9 Å². The molecule has 0 saturated carbocycles. The van der Waals surface area contributed by atoms with Crippen LogP contribution in [-0.2, 0) is 6.61 Å². The molecule has 0 fully saturated rings. The minimum absolute atomic E-state index is 0.0956. The summed E-state index contributed by atoms with van der Waals surface area (Å²) in [6, 6.07) is 12.4. The van der Waals surface area contributed by atoms with Crippen molar-refractivity contribution in [2.75, 3.05) is 12.4 Å². The number of primary amides is 1. The van der Waals surface area contributed by atoms with E-state index in [0.29, 0.717) is 17.2 Å². The molecule has 0 aliphatic rings. The normalized spacial score (nSPS) is 10.3. The number of hydrogen-bond donors (Lipinski definition) is 2. The van der Waals surface area contributed by atoms with E-state index in [-0.39, 0.29) is 17.7 Å². The molecule has 3 N–H and O–H groups in total. The lowest BCUT2D eigenvalue weighted by atomic mass is 10.1. The highest BCUT2D eigenvalue weighted by atomic mass is 19.1. The maximum Gasteiger partial charge on any atom is 0.258 e. The van der Waals surface area contributed by atoms with Crippen molar-refractivity contribution in [3.63, 3.8) is 0 Å². The Labute approximate surface area is 166 Å². The highest BCUT2D eigenvalue weighted by molar-refractivity contribution is 6.04. The molecule has 3 aromatic rings. The van der Waals surface area contributed by atoms with E-state index in [1.165, 1.54) is 37.7 Å². The number of halogens is 1. The predicted molar refractivity (Wildman–Crippen MR) is 104 cm³/mol. The number of methoxy groups -OCH3 is 1. The number of nitrogens with two attached hydrogens (primary N) is 1. The predicted octanol–water partition coefficient (Wildman–Crippen LogP) is 3.16. The molecule has 7 nitrogen and oxygen atoms in total. The van der Waals surface area contributed by atoms with Crippen molar-refractivity contribution in [2.45, 2.75) is 6.61 Å². The van der Waals surface area contributed by atoms with Crippen LogP contribution in [0.3, 0.4) is 0 Å². The first-order valence-electron chi connectivity index (χ1n) is 8.58. The standard InChI is InChI=1S/C21H18FN3O4/c1-28-16-5-6-18(19(22)9-16)21(27)25-15-4-2-3-13(7-15)12-29-17-8-14(20(23)26)10-24-11-17/h2-11H,12H2,1H3,(H2,23,26)(H,25,27). The molecule has 2 aromatic carbocycles. The average molecular weight is 395 g/mol. The average Bonchev–Trinajstić information content (AvgIpc) is 2.72. The van der Waals surface area contributed by atoms with Gasteiger partial charge in [-0.25, -0.2) is 4.39 Å². The van der Waals surface area contributed by atoms with Gasteiger partial charge in [0.25, 0.3) is 5.91 Å². The zero-order chi connectivity index (χ0) is 20.8. The third-order valence-corrected chi connectivity index (χ3v) is 4.01. The second-order valence-corrected chi connectivity index (χ2v) is 6.06. The maximum absolute atomic E-state index is 14.1. The lowest BCUT2D eigenvalue weighted by Gasteiger charge is -2.10. The van der Waals surface area contributed by atoms with Gasteiger partial charge in [0.05, 0.1) is 24.4 Å². The van der Waals surface area contributed by atoms with Crippen LogP contribution >= 0.6 is 0 Å². The quantitative estimate of drug-likeness (QED) is 0.640. The molecule has 148 valence electrons. The molecule has 0 atom stereocenters. The third kappa shape index (κ3) is 5.07. The Morgan fingerprint density at radius 1 is 1.10 bits per heavy atom.